The molecule has 9 nitrogen and oxygen atoms in total. The Balaban J connectivity index is 2.07. The number of aromatic nitrogens is 2. The Kier molecular flexibility index (Phi) is 5.52. The first-order chi connectivity index (χ1) is 13.7. The van der Waals surface area contributed by atoms with E-state index in [-0.39, 0.29) is 11.5 Å². The maximum absolute atomic E-state index is 15.0. The first-order valence-electron chi connectivity index (χ1n) is 9.04. The van der Waals surface area contributed by atoms with Crippen molar-refractivity contribution in [3.8, 4) is 0 Å². The Labute approximate surface area is 178 Å². The number of aromatic amines is 1. The normalized spacial score (nSPS) is 22.9. The summed E-state index contributed by atoms with van der Waals surface area (Å²) < 4.78 is 46.6. The lowest BCUT2D eigenvalue weighted by atomic mass is 9.93. The number of nitrogens with one attached hydrogen (secondary N) is 2. The molecular weight excluding hydrogens is 433 g/mol. The SMILES string of the molecule is CSc1nc2cc(F)c([C@]3(C)CS(=O)(=O)N(C)/C(=N/C(=O)OC(C)(C)C)N3)cc2[nH]1. The topological polar surface area (TPSA) is 117 Å². The van der Waals surface area contributed by atoms with Crippen molar-refractivity contribution >= 4 is 44.9 Å². The molecule has 1 aromatic carbocycles. The molecule has 2 aromatic rings. The molecule has 1 aliphatic heterocycles. The van der Waals surface area contributed by atoms with E-state index < -0.39 is 38.8 Å². The molecule has 1 aliphatic rings. The van der Waals surface area contributed by atoms with Gasteiger partial charge in [0.1, 0.15) is 11.4 Å². The molecule has 0 spiro atoms. The van der Waals surface area contributed by atoms with Crippen LogP contribution in [0.25, 0.3) is 11.0 Å². The number of hydrogen-bond donors (Lipinski definition) is 2. The van der Waals surface area contributed by atoms with Gasteiger partial charge in [-0.05, 0) is 40.0 Å². The number of hydrogen-bond acceptors (Lipinski definition) is 6. The average Bonchev–Trinajstić information content (AvgIpc) is 2.98. The highest BCUT2D eigenvalue weighted by atomic mass is 32.2. The molecule has 2 heterocycles. The minimum absolute atomic E-state index is 0.111. The second-order valence-corrected chi connectivity index (χ2v) is 11.0. The predicted octanol–water partition coefficient (Wildman–Crippen LogP) is 2.80. The quantitative estimate of drug-likeness (QED) is 0.666. The van der Waals surface area contributed by atoms with Crippen molar-refractivity contribution < 1.29 is 22.3 Å². The van der Waals surface area contributed by atoms with Gasteiger partial charge in [-0.1, -0.05) is 11.8 Å². The van der Waals surface area contributed by atoms with Gasteiger partial charge in [-0.25, -0.2) is 26.9 Å². The number of rotatable bonds is 2. The van der Waals surface area contributed by atoms with Crippen LogP contribution in [0.3, 0.4) is 0 Å². The van der Waals surface area contributed by atoms with Gasteiger partial charge in [-0.15, -0.1) is 4.99 Å². The van der Waals surface area contributed by atoms with Gasteiger partial charge in [0.2, 0.25) is 16.0 Å². The summed E-state index contributed by atoms with van der Waals surface area (Å²) in [5.41, 5.74) is -1.07. The van der Waals surface area contributed by atoms with Gasteiger partial charge in [-0.2, -0.15) is 0 Å². The van der Waals surface area contributed by atoms with Crippen LogP contribution in [-0.4, -0.2) is 59.4 Å². The Morgan fingerprint density at radius 3 is 2.67 bits per heavy atom. The molecule has 1 amide bonds. The lowest BCUT2D eigenvalue weighted by molar-refractivity contribution is 0.0602. The van der Waals surface area contributed by atoms with E-state index in [0.717, 1.165) is 4.31 Å². The number of benzene rings is 1. The summed E-state index contributed by atoms with van der Waals surface area (Å²) >= 11 is 1.37. The highest BCUT2D eigenvalue weighted by Crippen LogP contribution is 2.32. The molecule has 0 saturated carbocycles. The lowest BCUT2D eigenvalue weighted by Crippen LogP contribution is -2.61. The lowest BCUT2D eigenvalue weighted by Gasteiger charge is -2.40. The highest BCUT2D eigenvalue weighted by molar-refractivity contribution is 7.98. The van der Waals surface area contributed by atoms with Gasteiger partial charge < -0.3 is 15.0 Å². The van der Waals surface area contributed by atoms with Crippen molar-refractivity contribution in [1.82, 2.24) is 19.6 Å². The third kappa shape index (κ3) is 4.38. The van der Waals surface area contributed by atoms with Crippen LogP contribution in [0.15, 0.2) is 22.3 Å². The van der Waals surface area contributed by atoms with Crippen LogP contribution in [-0.2, 0) is 20.3 Å². The van der Waals surface area contributed by atoms with E-state index in [4.69, 9.17) is 4.74 Å². The van der Waals surface area contributed by atoms with Gasteiger partial charge in [0.25, 0.3) is 0 Å². The minimum atomic E-state index is -3.89. The number of carbonyl (C=O) groups excluding carboxylic acids is 1. The van der Waals surface area contributed by atoms with Crippen molar-refractivity contribution in [3.05, 3.63) is 23.5 Å². The first kappa shape index (κ1) is 22.3. The van der Waals surface area contributed by atoms with Crippen LogP contribution >= 0.6 is 11.8 Å². The number of ether oxygens (including phenoxy) is 1. The number of sulfonamides is 1. The molecule has 2 N–H and O–H groups in total. The van der Waals surface area contributed by atoms with E-state index in [1.54, 1.807) is 20.8 Å². The number of H-pyrrole nitrogens is 1. The van der Waals surface area contributed by atoms with Crippen molar-refractivity contribution in [2.45, 2.75) is 44.0 Å². The van der Waals surface area contributed by atoms with Crippen LogP contribution < -0.4 is 5.32 Å². The van der Waals surface area contributed by atoms with E-state index in [0.29, 0.717) is 16.2 Å². The molecule has 3 rings (SSSR count). The maximum atomic E-state index is 15.0. The summed E-state index contributed by atoms with van der Waals surface area (Å²) in [6.45, 7) is 6.55. The van der Waals surface area contributed by atoms with Crippen molar-refractivity contribution in [2.75, 3.05) is 19.1 Å². The van der Waals surface area contributed by atoms with Crippen molar-refractivity contribution in [3.63, 3.8) is 0 Å². The number of aliphatic imine (C=N–C) groups is 1. The smallest absolute Gasteiger partial charge is 0.437 e. The second kappa shape index (κ2) is 7.41. The molecule has 0 bridgehead atoms. The number of halogens is 1. The van der Waals surface area contributed by atoms with Gasteiger partial charge >= 0.3 is 6.09 Å². The molecule has 0 unspecified atom stereocenters. The summed E-state index contributed by atoms with van der Waals surface area (Å²) in [7, 11) is -2.62. The third-order valence-electron chi connectivity index (χ3n) is 4.50. The molecule has 164 valence electrons. The summed E-state index contributed by atoms with van der Waals surface area (Å²) in [6, 6.07) is 2.78. The van der Waals surface area contributed by atoms with E-state index in [2.05, 4.69) is 20.3 Å². The molecule has 0 aliphatic carbocycles. The Bertz CT molecular complexity index is 1140. The van der Waals surface area contributed by atoms with E-state index in [1.807, 2.05) is 6.26 Å². The van der Waals surface area contributed by atoms with Gasteiger partial charge in [0, 0.05) is 18.7 Å². The van der Waals surface area contributed by atoms with E-state index in [9.17, 15) is 17.6 Å². The summed E-state index contributed by atoms with van der Waals surface area (Å²) in [4.78, 5) is 23.2. The summed E-state index contributed by atoms with van der Waals surface area (Å²) in [6.07, 6.45) is 0.881. The Morgan fingerprint density at radius 2 is 2.07 bits per heavy atom. The van der Waals surface area contributed by atoms with Crippen molar-refractivity contribution in [1.29, 1.82) is 0 Å². The second-order valence-electron chi connectivity index (χ2n) is 8.19. The molecule has 1 atom stereocenters. The summed E-state index contributed by atoms with van der Waals surface area (Å²) in [5, 5.41) is 3.52. The number of nitrogens with zero attached hydrogens (tertiary/aromatic N) is 3. The first-order valence-corrected chi connectivity index (χ1v) is 11.9. The zero-order chi connectivity index (χ0) is 22.5. The number of fused-ring (bicyclic) bond motifs is 1. The van der Waals surface area contributed by atoms with Crippen LogP contribution in [0.2, 0.25) is 0 Å². The molecular formula is C18H24FN5O4S2. The Morgan fingerprint density at radius 1 is 1.40 bits per heavy atom. The minimum Gasteiger partial charge on any atom is -0.442 e. The van der Waals surface area contributed by atoms with E-state index in [1.165, 1.54) is 37.9 Å². The van der Waals surface area contributed by atoms with Crippen LogP contribution in [0.1, 0.15) is 33.3 Å². The number of amides is 1. The zero-order valence-electron chi connectivity index (χ0n) is 17.5. The standard InChI is InChI=1S/C18H24FN5O4S2/c1-17(2,3)28-16(25)22-14-23-18(4,9-30(26,27)24(14)5)10-7-12-13(8-11(10)19)21-15(20-12)29-6/h7-8H,9H2,1-6H3,(H,20,21)(H,22,23,25)/t18-/m0/s1. The molecule has 1 fully saturated rings. The molecule has 1 aromatic heterocycles. The highest BCUT2D eigenvalue weighted by Gasteiger charge is 2.44. The summed E-state index contributed by atoms with van der Waals surface area (Å²) in [5.74, 6) is -1.30. The van der Waals surface area contributed by atoms with Gasteiger partial charge in [-0.3, -0.25) is 0 Å². The van der Waals surface area contributed by atoms with Crippen molar-refractivity contribution in [2.24, 2.45) is 4.99 Å². The zero-order valence-corrected chi connectivity index (χ0v) is 19.2. The largest absolute Gasteiger partial charge is 0.442 e. The third-order valence-corrected chi connectivity index (χ3v) is 7.03. The molecule has 12 heteroatoms. The number of imidazole rings is 1. The molecule has 30 heavy (non-hydrogen) atoms. The fourth-order valence-corrected chi connectivity index (χ4v) is 5.00. The Hall–Kier alpha value is -2.34. The fraction of sp³-hybridized carbons (Fsp3) is 0.500. The van der Waals surface area contributed by atoms with Crippen LogP contribution in [0.4, 0.5) is 9.18 Å². The maximum Gasteiger partial charge on any atom is 0.437 e. The average molecular weight is 458 g/mol. The number of guanidine groups is 1. The predicted molar refractivity (Wildman–Crippen MR) is 114 cm³/mol. The van der Waals surface area contributed by atoms with E-state index >= 15 is 0 Å². The van der Waals surface area contributed by atoms with Crippen LogP contribution in [0.5, 0.6) is 0 Å². The monoisotopic (exact) mass is 457 g/mol. The molecule has 0 radical (unpaired) electrons. The number of carbonyl (C=O) groups is 1. The van der Waals surface area contributed by atoms with Gasteiger partial charge in [0.15, 0.2) is 5.16 Å². The number of thioether (sulfide) groups is 1. The van der Waals surface area contributed by atoms with Crippen LogP contribution in [0, 0.1) is 5.82 Å². The molecule has 1 saturated heterocycles. The fourth-order valence-electron chi connectivity index (χ4n) is 3.10. The van der Waals surface area contributed by atoms with Gasteiger partial charge in [0.05, 0.1) is 22.3 Å².